The van der Waals surface area contributed by atoms with Crippen molar-refractivity contribution in [1.29, 1.82) is 0 Å². The Morgan fingerprint density at radius 1 is 1.53 bits per heavy atom. The van der Waals surface area contributed by atoms with Crippen molar-refractivity contribution in [2.45, 2.75) is 12.5 Å². The van der Waals surface area contributed by atoms with E-state index in [-0.39, 0.29) is 5.78 Å². The van der Waals surface area contributed by atoms with Gasteiger partial charge in [0.25, 0.3) is 0 Å². The highest BCUT2D eigenvalue weighted by Gasteiger charge is 2.31. The average molecular weight is 232 g/mol. The predicted octanol–water partition coefficient (Wildman–Crippen LogP) is 1.86. The molecule has 4 nitrogen and oxygen atoms in total. The molecule has 0 amide bonds. The third kappa shape index (κ3) is 3.26. The first kappa shape index (κ1) is 13.1. The second-order valence-corrected chi connectivity index (χ2v) is 3.81. The summed E-state index contributed by atoms with van der Waals surface area (Å²) >= 11 is 0. The van der Waals surface area contributed by atoms with Crippen LogP contribution in [-0.4, -0.2) is 29.3 Å². The number of benzene rings is 1. The van der Waals surface area contributed by atoms with Crippen LogP contribution in [0.5, 0.6) is 0 Å². The molecular formula is C13H16N2O2. The number of Topliss-reactive ketones (excluding diaryl/α,β-unsaturated/α-hetero) is 1. The molecule has 0 heterocycles. The lowest BCUT2D eigenvalue weighted by Crippen LogP contribution is -2.51. The minimum Gasteiger partial charge on any atom is -0.411 e. The molecule has 1 rings (SSSR count). The highest BCUT2D eigenvalue weighted by Crippen LogP contribution is 2.11. The Hall–Kier alpha value is -1.94. The van der Waals surface area contributed by atoms with Crippen LogP contribution < -0.4 is 5.32 Å². The average Bonchev–Trinajstić information content (AvgIpc) is 2.37. The summed E-state index contributed by atoms with van der Waals surface area (Å²) in [6.45, 7) is 5.68. The van der Waals surface area contributed by atoms with Gasteiger partial charge in [-0.1, -0.05) is 41.6 Å². The van der Waals surface area contributed by atoms with Crippen LogP contribution in [0, 0.1) is 0 Å². The Morgan fingerprint density at radius 2 is 2.18 bits per heavy atom. The zero-order valence-electron chi connectivity index (χ0n) is 9.76. The van der Waals surface area contributed by atoms with Gasteiger partial charge >= 0.3 is 0 Å². The summed E-state index contributed by atoms with van der Waals surface area (Å²) in [7, 11) is 0. The van der Waals surface area contributed by atoms with Crippen LogP contribution in [-0.2, 0) is 0 Å². The van der Waals surface area contributed by atoms with Crippen molar-refractivity contribution in [3.8, 4) is 0 Å². The van der Waals surface area contributed by atoms with Gasteiger partial charge in [0.2, 0.25) is 0 Å². The number of carbonyl (C=O) groups excluding carboxylic acids is 1. The molecule has 1 aromatic rings. The summed E-state index contributed by atoms with van der Waals surface area (Å²) in [5.41, 5.74) is -0.476. The fraction of sp³-hybridized carbons (Fsp3) is 0.231. The maximum absolute atomic E-state index is 12.3. The van der Waals surface area contributed by atoms with Gasteiger partial charge in [-0.2, -0.15) is 0 Å². The van der Waals surface area contributed by atoms with Crippen molar-refractivity contribution >= 4 is 12.0 Å². The van der Waals surface area contributed by atoms with E-state index < -0.39 is 5.54 Å². The lowest BCUT2D eigenvalue weighted by atomic mass is 9.92. The zero-order valence-corrected chi connectivity index (χ0v) is 9.76. The van der Waals surface area contributed by atoms with Crippen LogP contribution >= 0.6 is 0 Å². The van der Waals surface area contributed by atoms with Crippen LogP contribution in [0.25, 0.3) is 0 Å². The Bertz CT molecular complexity index is 415. The summed E-state index contributed by atoms with van der Waals surface area (Å²) in [6, 6.07) is 8.86. The smallest absolute Gasteiger partial charge is 0.188 e. The van der Waals surface area contributed by atoms with E-state index in [1.807, 2.05) is 6.07 Å². The van der Waals surface area contributed by atoms with Gasteiger partial charge in [-0.3, -0.25) is 10.1 Å². The van der Waals surface area contributed by atoms with Crippen LogP contribution in [0.3, 0.4) is 0 Å². The van der Waals surface area contributed by atoms with Crippen molar-refractivity contribution in [2.24, 2.45) is 5.16 Å². The fourth-order valence-corrected chi connectivity index (χ4v) is 1.47. The van der Waals surface area contributed by atoms with Gasteiger partial charge in [-0.25, -0.2) is 0 Å². The number of hydrogen-bond donors (Lipinski definition) is 2. The standard InChI is InChI=1S/C13H16N2O2/c1-3-9-14-13(2,10-15-17)12(16)11-7-5-4-6-8-11/h3-8,10,14,17H,1,9H2,2H3/b15-10+. The van der Waals surface area contributed by atoms with E-state index >= 15 is 0 Å². The molecule has 1 unspecified atom stereocenters. The van der Waals surface area contributed by atoms with E-state index in [0.29, 0.717) is 12.1 Å². The van der Waals surface area contributed by atoms with Gasteiger partial charge in [-0.15, -0.1) is 6.58 Å². The van der Waals surface area contributed by atoms with E-state index in [9.17, 15) is 4.79 Å². The first-order valence-electron chi connectivity index (χ1n) is 5.28. The molecule has 0 spiro atoms. The van der Waals surface area contributed by atoms with Gasteiger partial charge in [-0.05, 0) is 6.92 Å². The SMILES string of the molecule is C=CCNC(C)(/C=N/O)C(=O)c1ccccc1. The molecular weight excluding hydrogens is 216 g/mol. The van der Waals surface area contributed by atoms with Crippen LogP contribution in [0.4, 0.5) is 0 Å². The quantitative estimate of drug-likeness (QED) is 0.259. The van der Waals surface area contributed by atoms with Crippen molar-refractivity contribution in [2.75, 3.05) is 6.54 Å². The van der Waals surface area contributed by atoms with E-state index in [1.165, 1.54) is 6.21 Å². The Kier molecular flexibility index (Phi) is 4.60. The highest BCUT2D eigenvalue weighted by atomic mass is 16.4. The third-order valence-electron chi connectivity index (χ3n) is 2.44. The van der Waals surface area contributed by atoms with Gasteiger partial charge in [0.05, 0.1) is 6.21 Å². The largest absolute Gasteiger partial charge is 0.411 e. The Labute approximate surface area is 101 Å². The number of oxime groups is 1. The molecule has 90 valence electrons. The molecule has 0 bridgehead atoms. The number of carbonyl (C=O) groups is 1. The predicted molar refractivity (Wildman–Crippen MR) is 67.7 cm³/mol. The van der Waals surface area contributed by atoms with E-state index in [0.717, 1.165) is 0 Å². The molecule has 0 saturated carbocycles. The number of rotatable bonds is 6. The summed E-state index contributed by atoms with van der Waals surface area (Å²) in [5.74, 6) is -0.155. The van der Waals surface area contributed by atoms with Gasteiger partial charge in [0.15, 0.2) is 5.78 Å². The maximum Gasteiger partial charge on any atom is 0.188 e. The molecule has 4 heteroatoms. The second kappa shape index (κ2) is 5.96. The minimum atomic E-state index is -1.04. The molecule has 0 aromatic heterocycles. The van der Waals surface area contributed by atoms with E-state index in [1.54, 1.807) is 37.3 Å². The fourth-order valence-electron chi connectivity index (χ4n) is 1.47. The van der Waals surface area contributed by atoms with Gasteiger partial charge in [0.1, 0.15) is 5.54 Å². The zero-order chi connectivity index (χ0) is 12.7. The number of nitrogens with zero attached hydrogens (tertiary/aromatic N) is 1. The summed E-state index contributed by atoms with van der Waals surface area (Å²) in [4.78, 5) is 12.3. The van der Waals surface area contributed by atoms with Crippen LogP contribution in [0.1, 0.15) is 17.3 Å². The summed E-state index contributed by atoms with van der Waals surface area (Å²) in [5, 5.41) is 14.6. The molecule has 0 aliphatic carbocycles. The maximum atomic E-state index is 12.3. The van der Waals surface area contributed by atoms with Crippen molar-refractivity contribution in [3.05, 3.63) is 48.6 Å². The minimum absolute atomic E-state index is 0.155. The lowest BCUT2D eigenvalue weighted by Gasteiger charge is -2.24. The molecule has 0 saturated heterocycles. The van der Waals surface area contributed by atoms with E-state index in [2.05, 4.69) is 17.1 Å². The second-order valence-electron chi connectivity index (χ2n) is 3.81. The third-order valence-corrected chi connectivity index (χ3v) is 2.44. The molecule has 1 atom stereocenters. The van der Waals surface area contributed by atoms with Crippen molar-refractivity contribution < 1.29 is 10.0 Å². The molecule has 0 aliphatic heterocycles. The van der Waals surface area contributed by atoms with E-state index in [4.69, 9.17) is 5.21 Å². The van der Waals surface area contributed by atoms with Crippen LogP contribution in [0.2, 0.25) is 0 Å². The summed E-state index contributed by atoms with van der Waals surface area (Å²) in [6.07, 6.45) is 2.83. The van der Waals surface area contributed by atoms with Crippen molar-refractivity contribution in [3.63, 3.8) is 0 Å². The van der Waals surface area contributed by atoms with Crippen molar-refractivity contribution in [1.82, 2.24) is 5.32 Å². The molecule has 0 aliphatic rings. The van der Waals surface area contributed by atoms with Crippen LogP contribution in [0.15, 0.2) is 48.1 Å². The number of ketones is 1. The molecule has 2 N–H and O–H groups in total. The van der Waals surface area contributed by atoms with Gasteiger partial charge < -0.3 is 5.21 Å². The normalized spacial score (nSPS) is 14.4. The summed E-state index contributed by atoms with van der Waals surface area (Å²) < 4.78 is 0. The first-order chi connectivity index (χ1) is 8.14. The van der Waals surface area contributed by atoms with Gasteiger partial charge in [0, 0.05) is 12.1 Å². The first-order valence-corrected chi connectivity index (χ1v) is 5.28. The molecule has 0 radical (unpaired) electrons. The number of hydrogen-bond acceptors (Lipinski definition) is 4. The molecule has 0 fully saturated rings. The topological polar surface area (TPSA) is 61.7 Å². The number of nitrogens with one attached hydrogen (secondary N) is 1. The molecule has 17 heavy (non-hydrogen) atoms. The Morgan fingerprint density at radius 3 is 2.71 bits per heavy atom. The Balaban J connectivity index is 2.98. The lowest BCUT2D eigenvalue weighted by molar-refractivity contribution is 0.0921. The monoisotopic (exact) mass is 232 g/mol. The molecule has 1 aromatic carbocycles. The highest BCUT2D eigenvalue weighted by molar-refractivity contribution is 6.13.